The molecule has 1 atom stereocenters. The second-order valence-electron chi connectivity index (χ2n) is 3.42. The van der Waals surface area contributed by atoms with Crippen LogP contribution in [0.1, 0.15) is 18.5 Å². The Morgan fingerprint density at radius 1 is 1.31 bits per heavy atom. The number of nitrogens with zero attached hydrogens (tertiary/aromatic N) is 3. The molecular weight excluding hydrogens is 204 g/mol. The van der Waals surface area contributed by atoms with Gasteiger partial charge in [0, 0.05) is 24.8 Å². The molecule has 0 bridgehead atoms. The van der Waals surface area contributed by atoms with Gasteiger partial charge in [0.1, 0.15) is 6.33 Å². The van der Waals surface area contributed by atoms with Crippen molar-refractivity contribution in [1.82, 2.24) is 19.9 Å². The largest absolute Gasteiger partial charge is 0.331 e. The molecule has 0 aliphatic heterocycles. The van der Waals surface area contributed by atoms with E-state index in [9.17, 15) is 4.79 Å². The monoisotopic (exact) mass is 216 g/mol. The molecule has 0 radical (unpaired) electrons. The standard InChI is InChI=1S/C11H12N4O/c1-9(10-2-4-12-5-3-10)14-11(16)15-7-6-13-8-15/h2-9H,1H3,(H,14,16). The molecule has 0 fully saturated rings. The second kappa shape index (κ2) is 4.57. The lowest BCUT2D eigenvalue weighted by molar-refractivity contribution is 0.239. The van der Waals surface area contributed by atoms with Gasteiger partial charge < -0.3 is 5.32 Å². The van der Waals surface area contributed by atoms with Crippen molar-refractivity contribution in [2.75, 3.05) is 0 Å². The first-order valence-electron chi connectivity index (χ1n) is 4.96. The highest BCUT2D eigenvalue weighted by molar-refractivity contribution is 5.76. The molecule has 16 heavy (non-hydrogen) atoms. The number of carbonyl (C=O) groups excluding carboxylic acids is 1. The predicted molar refractivity (Wildman–Crippen MR) is 58.8 cm³/mol. The first kappa shape index (κ1) is 10.4. The average molecular weight is 216 g/mol. The SMILES string of the molecule is CC(NC(=O)n1ccnc1)c1ccncc1. The fraction of sp³-hybridized carbons (Fsp3) is 0.182. The normalized spacial score (nSPS) is 12.1. The summed E-state index contributed by atoms with van der Waals surface area (Å²) < 4.78 is 1.40. The molecule has 0 spiro atoms. The summed E-state index contributed by atoms with van der Waals surface area (Å²) in [5.41, 5.74) is 1.02. The van der Waals surface area contributed by atoms with Crippen molar-refractivity contribution in [2.45, 2.75) is 13.0 Å². The maximum absolute atomic E-state index is 11.7. The minimum absolute atomic E-state index is 0.0575. The van der Waals surface area contributed by atoms with Gasteiger partial charge in [-0.2, -0.15) is 0 Å². The molecule has 1 amide bonds. The van der Waals surface area contributed by atoms with Gasteiger partial charge in [-0.15, -0.1) is 0 Å². The van der Waals surface area contributed by atoms with E-state index in [-0.39, 0.29) is 12.1 Å². The van der Waals surface area contributed by atoms with Crippen LogP contribution in [0.5, 0.6) is 0 Å². The number of aromatic nitrogens is 3. The van der Waals surface area contributed by atoms with Crippen LogP contribution in [0.3, 0.4) is 0 Å². The van der Waals surface area contributed by atoms with E-state index in [4.69, 9.17) is 0 Å². The Morgan fingerprint density at radius 3 is 2.69 bits per heavy atom. The minimum atomic E-state index is -0.193. The Kier molecular flexibility index (Phi) is 2.95. The van der Waals surface area contributed by atoms with E-state index in [2.05, 4.69) is 15.3 Å². The van der Waals surface area contributed by atoms with Gasteiger partial charge in [0.15, 0.2) is 0 Å². The number of hydrogen-bond acceptors (Lipinski definition) is 3. The highest BCUT2D eigenvalue weighted by Crippen LogP contribution is 2.10. The number of carbonyl (C=O) groups is 1. The number of amides is 1. The molecule has 5 nitrogen and oxygen atoms in total. The van der Waals surface area contributed by atoms with Crippen molar-refractivity contribution in [3.8, 4) is 0 Å². The molecule has 2 heterocycles. The third kappa shape index (κ3) is 2.25. The van der Waals surface area contributed by atoms with Gasteiger partial charge >= 0.3 is 6.03 Å². The van der Waals surface area contributed by atoms with Crippen LogP contribution < -0.4 is 5.32 Å². The molecule has 1 N–H and O–H groups in total. The fourth-order valence-electron chi connectivity index (χ4n) is 1.37. The zero-order chi connectivity index (χ0) is 11.4. The van der Waals surface area contributed by atoms with Gasteiger partial charge in [-0.25, -0.2) is 9.78 Å². The van der Waals surface area contributed by atoms with E-state index < -0.39 is 0 Å². The lowest BCUT2D eigenvalue weighted by Crippen LogP contribution is -2.30. The highest BCUT2D eigenvalue weighted by atomic mass is 16.2. The molecule has 0 saturated heterocycles. The quantitative estimate of drug-likeness (QED) is 0.829. The molecular formula is C11H12N4O. The maximum Gasteiger partial charge on any atom is 0.327 e. The van der Waals surface area contributed by atoms with Crippen molar-refractivity contribution in [3.05, 3.63) is 48.8 Å². The van der Waals surface area contributed by atoms with E-state index in [1.807, 2.05) is 19.1 Å². The molecule has 0 aliphatic carbocycles. The van der Waals surface area contributed by atoms with Crippen molar-refractivity contribution in [1.29, 1.82) is 0 Å². The van der Waals surface area contributed by atoms with E-state index in [0.29, 0.717) is 0 Å². The first-order valence-corrected chi connectivity index (χ1v) is 4.96. The molecule has 2 rings (SSSR count). The molecule has 0 aliphatic rings. The van der Waals surface area contributed by atoms with Gasteiger partial charge in [-0.05, 0) is 24.6 Å². The summed E-state index contributed by atoms with van der Waals surface area (Å²) in [6, 6.07) is 3.50. The lowest BCUT2D eigenvalue weighted by atomic mass is 10.1. The third-order valence-electron chi connectivity index (χ3n) is 2.28. The minimum Gasteiger partial charge on any atom is -0.331 e. The summed E-state index contributed by atoms with van der Waals surface area (Å²) in [5.74, 6) is 0. The third-order valence-corrected chi connectivity index (χ3v) is 2.28. The number of hydrogen-bond donors (Lipinski definition) is 1. The zero-order valence-electron chi connectivity index (χ0n) is 8.87. The fourth-order valence-corrected chi connectivity index (χ4v) is 1.37. The molecule has 1 unspecified atom stereocenters. The highest BCUT2D eigenvalue weighted by Gasteiger charge is 2.09. The van der Waals surface area contributed by atoms with E-state index in [0.717, 1.165) is 5.56 Å². The summed E-state index contributed by atoms with van der Waals surface area (Å²) in [7, 11) is 0. The summed E-state index contributed by atoms with van der Waals surface area (Å²) in [5, 5.41) is 2.85. The van der Waals surface area contributed by atoms with E-state index in [1.54, 1.807) is 24.8 Å². The number of pyridine rings is 1. The Balaban J connectivity index is 2.03. The van der Waals surface area contributed by atoms with Crippen molar-refractivity contribution < 1.29 is 4.79 Å². The van der Waals surface area contributed by atoms with Crippen molar-refractivity contribution >= 4 is 6.03 Å². The molecule has 2 aromatic rings. The molecule has 2 aromatic heterocycles. The second-order valence-corrected chi connectivity index (χ2v) is 3.42. The summed E-state index contributed by atoms with van der Waals surface area (Å²) >= 11 is 0. The van der Waals surface area contributed by atoms with Crippen molar-refractivity contribution in [2.24, 2.45) is 0 Å². The summed E-state index contributed by atoms with van der Waals surface area (Å²) in [6.07, 6.45) is 8.05. The Labute approximate surface area is 93.2 Å². The van der Waals surface area contributed by atoms with E-state index >= 15 is 0 Å². The topological polar surface area (TPSA) is 59.8 Å². The molecule has 82 valence electrons. The van der Waals surface area contributed by atoms with Crippen LogP contribution in [-0.2, 0) is 0 Å². The molecule has 0 aromatic carbocycles. The van der Waals surface area contributed by atoms with Crippen molar-refractivity contribution in [3.63, 3.8) is 0 Å². The van der Waals surface area contributed by atoms with Crippen LogP contribution in [0.2, 0.25) is 0 Å². The van der Waals surface area contributed by atoms with Crippen LogP contribution >= 0.6 is 0 Å². The summed E-state index contributed by atoms with van der Waals surface area (Å²) in [4.78, 5) is 19.4. The summed E-state index contributed by atoms with van der Waals surface area (Å²) in [6.45, 7) is 1.92. The van der Waals surface area contributed by atoms with Crippen LogP contribution in [0.15, 0.2) is 43.2 Å². The van der Waals surface area contributed by atoms with Crippen LogP contribution in [0, 0.1) is 0 Å². The van der Waals surface area contributed by atoms with Crippen LogP contribution in [0.4, 0.5) is 4.79 Å². The van der Waals surface area contributed by atoms with Gasteiger partial charge in [-0.1, -0.05) is 0 Å². The van der Waals surface area contributed by atoms with E-state index in [1.165, 1.54) is 10.9 Å². The molecule has 5 heteroatoms. The molecule has 0 saturated carbocycles. The Hall–Kier alpha value is -2.17. The lowest BCUT2D eigenvalue weighted by Gasteiger charge is -2.13. The zero-order valence-corrected chi connectivity index (χ0v) is 8.87. The van der Waals surface area contributed by atoms with Crippen LogP contribution in [-0.4, -0.2) is 20.6 Å². The van der Waals surface area contributed by atoms with Crippen LogP contribution in [0.25, 0.3) is 0 Å². The maximum atomic E-state index is 11.7. The average Bonchev–Trinajstić information content (AvgIpc) is 2.83. The number of rotatable bonds is 2. The van der Waals surface area contributed by atoms with Gasteiger partial charge in [0.05, 0.1) is 6.04 Å². The van der Waals surface area contributed by atoms with Gasteiger partial charge in [-0.3, -0.25) is 9.55 Å². The predicted octanol–water partition coefficient (Wildman–Crippen LogP) is 1.60. The Morgan fingerprint density at radius 2 is 2.06 bits per heavy atom. The van der Waals surface area contributed by atoms with Gasteiger partial charge in [0.25, 0.3) is 0 Å². The first-order chi connectivity index (χ1) is 7.77. The van der Waals surface area contributed by atoms with Gasteiger partial charge in [0.2, 0.25) is 0 Å². The smallest absolute Gasteiger partial charge is 0.327 e. The number of nitrogens with one attached hydrogen (secondary N) is 1. The number of imidazole rings is 1. The Bertz CT molecular complexity index is 452.